The summed E-state index contributed by atoms with van der Waals surface area (Å²) in [5.74, 6) is -0.281. The summed E-state index contributed by atoms with van der Waals surface area (Å²) < 4.78 is 5.72. The van der Waals surface area contributed by atoms with Gasteiger partial charge in [-0.05, 0) is 42.7 Å². The third-order valence-electron chi connectivity index (χ3n) is 4.40. The zero-order chi connectivity index (χ0) is 17.6. The molecule has 2 aromatic rings. The first-order valence-corrected chi connectivity index (χ1v) is 8.43. The Hall–Kier alpha value is -2.82. The fraction of sp³-hybridized carbons (Fsp3) is 0.300. The van der Waals surface area contributed by atoms with Gasteiger partial charge < -0.3 is 14.7 Å². The lowest BCUT2D eigenvalue weighted by molar-refractivity contribution is -0.137. The van der Waals surface area contributed by atoms with E-state index >= 15 is 0 Å². The van der Waals surface area contributed by atoms with E-state index in [9.17, 15) is 9.59 Å². The summed E-state index contributed by atoms with van der Waals surface area (Å²) >= 11 is 0. The smallest absolute Gasteiger partial charge is 0.305 e. The molecule has 1 saturated heterocycles. The molecule has 0 spiro atoms. The fourth-order valence-corrected chi connectivity index (χ4v) is 3.12. The molecule has 1 unspecified atom stereocenters. The van der Waals surface area contributed by atoms with Crippen molar-refractivity contribution >= 4 is 11.9 Å². The van der Waals surface area contributed by atoms with Crippen LogP contribution in [-0.4, -0.2) is 34.5 Å². The molecule has 0 aliphatic carbocycles. The molecule has 1 fully saturated rings. The number of benzene rings is 2. The molecular weight excluding hydrogens is 318 g/mol. The van der Waals surface area contributed by atoms with E-state index in [1.165, 1.54) is 0 Å². The molecule has 3 rings (SSSR count). The Kier molecular flexibility index (Phi) is 5.33. The van der Waals surface area contributed by atoms with Crippen molar-refractivity contribution < 1.29 is 19.4 Å². The van der Waals surface area contributed by atoms with E-state index in [4.69, 9.17) is 9.84 Å². The van der Waals surface area contributed by atoms with Gasteiger partial charge in [-0.1, -0.05) is 30.3 Å². The quantitative estimate of drug-likeness (QED) is 0.876. The molecule has 130 valence electrons. The van der Waals surface area contributed by atoms with Crippen LogP contribution in [0.1, 0.15) is 35.2 Å². The first kappa shape index (κ1) is 17.0. The van der Waals surface area contributed by atoms with Crippen LogP contribution in [0.5, 0.6) is 5.75 Å². The lowest BCUT2D eigenvalue weighted by Gasteiger charge is -2.23. The van der Waals surface area contributed by atoms with Crippen LogP contribution in [0.2, 0.25) is 0 Å². The first-order chi connectivity index (χ1) is 12.1. The number of rotatable bonds is 6. The Morgan fingerprint density at radius 3 is 2.48 bits per heavy atom. The molecular formula is C20H21NO4. The molecule has 0 radical (unpaired) electrons. The highest BCUT2D eigenvalue weighted by molar-refractivity contribution is 5.95. The first-order valence-electron chi connectivity index (χ1n) is 8.43. The normalized spacial score (nSPS) is 16.6. The topological polar surface area (TPSA) is 66.8 Å². The Morgan fingerprint density at radius 1 is 1.08 bits per heavy atom. The van der Waals surface area contributed by atoms with Crippen molar-refractivity contribution in [2.45, 2.75) is 31.9 Å². The van der Waals surface area contributed by atoms with E-state index in [1.54, 1.807) is 29.2 Å². The molecule has 2 aromatic carbocycles. The van der Waals surface area contributed by atoms with Gasteiger partial charge in [0.1, 0.15) is 12.4 Å². The van der Waals surface area contributed by atoms with Crippen LogP contribution in [0.25, 0.3) is 0 Å². The molecule has 1 N–H and O–H groups in total. The van der Waals surface area contributed by atoms with Crippen LogP contribution >= 0.6 is 0 Å². The van der Waals surface area contributed by atoms with E-state index in [0.29, 0.717) is 24.5 Å². The van der Waals surface area contributed by atoms with Crippen LogP contribution in [0.3, 0.4) is 0 Å². The fourth-order valence-electron chi connectivity index (χ4n) is 3.12. The van der Waals surface area contributed by atoms with Gasteiger partial charge in [-0.25, -0.2) is 0 Å². The van der Waals surface area contributed by atoms with Crippen molar-refractivity contribution in [2.75, 3.05) is 6.54 Å². The summed E-state index contributed by atoms with van der Waals surface area (Å²) in [4.78, 5) is 25.2. The number of nitrogens with zero attached hydrogens (tertiary/aromatic N) is 1. The number of likely N-dealkylation sites (tertiary alicyclic amines) is 1. The zero-order valence-corrected chi connectivity index (χ0v) is 13.9. The van der Waals surface area contributed by atoms with Crippen molar-refractivity contribution in [3.63, 3.8) is 0 Å². The molecule has 0 aromatic heterocycles. The number of hydrogen-bond donors (Lipinski definition) is 1. The number of aliphatic carboxylic acids is 1. The van der Waals surface area contributed by atoms with Crippen LogP contribution in [0.4, 0.5) is 0 Å². The molecule has 1 atom stereocenters. The van der Waals surface area contributed by atoms with E-state index in [1.807, 2.05) is 30.3 Å². The van der Waals surface area contributed by atoms with E-state index in [2.05, 4.69) is 0 Å². The third kappa shape index (κ3) is 4.38. The average molecular weight is 339 g/mol. The molecule has 5 nitrogen and oxygen atoms in total. The largest absolute Gasteiger partial charge is 0.489 e. The van der Waals surface area contributed by atoms with Gasteiger partial charge in [0.15, 0.2) is 0 Å². The number of carboxylic acid groups (broad SMARTS) is 1. The predicted molar refractivity (Wildman–Crippen MR) is 93.5 cm³/mol. The molecule has 1 amide bonds. The lowest BCUT2D eigenvalue weighted by atomic mass is 10.1. The lowest BCUT2D eigenvalue weighted by Crippen LogP contribution is -2.36. The Morgan fingerprint density at radius 2 is 1.80 bits per heavy atom. The minimum absolute atomic E-state index is 0.00398. The second-order valence-electron chi connectivity index (χ2n) is 6.19. The van der Waals surface area contributed by atoms with Crippen molar-refractivity contribution in [2.24, 2.45) is 0 Å². The van der Waals surface area contributed by atoms with Gasteiger partial charge >= 0.3 is 5.97 Å². The summed E-state index contributed by atoms with van der Waals surface area (Å²) in [5.41, 5.74) is 1.64. The molecule has 5 heteroatoms. The molecule has 0 bridgehead atoms. The summed E-state index contributed by atoms with van der Waals surface area (Å²) in [7, 11) is 0. The number of carboxylic acids is 1. The molecule has 25 heavy (non-hydrogen) atoms. The third-order valence-corrected chi connectivity index (χ3v) is 4.40. The summed E-state index contributed by atoms with van der Waals surface area (Å²) in [6.45, 7) is 1.09. The van der Waals surface area contributed by atoms with Gasteiger partial charge in [0, 0.05) is 18.2 Å². The number of amides is 1. The Balaban J connectivity index is 1.61. The highest BCUT2D eigenvalue weighted by atomic mass is 16.5. The standard InChI is InChI=1S/C20H21NO4/c22-19(23)13-17-7-4-12-21(17)20(24)16-8-10-18(11-9-16)25-14-15-5-2-1-3-6-15/h1-3,5-6,8-11,17H,4,7,12-14H2,(H,22,23). The predicted octanol–water partition coefficient (Wildman–Crippen LogP) is 3.34. The summed E-state index contributed by atoms with van der Waals surface area (Å²) in [6, 6.07) is 16.7. The maximum absolute atomic E-state index is 12.6. The van der Waals surface area contributed by atoms with E-state index < -0.39 is 5.97 Å². The monoisotopic (exact) mass is 339 g/mol. The maximum Gasteiger partial charge on any atom is 0.305 e. The van der Waals surface area contributed by atoms with E-state index in [0.717, 1.165) is 18.4 Å². The van der Waals surface area contributed by atoms with Gasteiger partial charge in [0.25, 0.3) is 5.91 Å². The highest BCUT2D eigenvalue weighted by Crippen LogP contribution is 2.23. The van der Waals surface area contributed by atoms with Gasteiger partial charge in [0.05, 0.1) is 6.42 Å². The highest BCUT2D eigenvalue weighted by Gasteiger charge is 2.30. The van der Waals surface area contributed by atoms with Crippen LogP contribution in [-0.2, 0) is 11.4 Å². The average Bonchev–Trinajstić information content (AvgIpc) is 3.08. The van der Waals surface area contributed by atoms with Gasteiger partial charge in [-0.3, -0.25) is 9.59 Å². The maximum atomic E-state index is 12.6. The van der Waals surface area contributed by atoms with Crippen LogP contribution < -0.4 is 4.74 Å². The SMILES string of the molecule is O=C(O)CC1CCCN1C(=O)c1ccc(OCc2ccccc2)cc1. The van der Waals surface area contributed by atoms with Crippen LogP contribution in [0, 0.1) is 0 Å². The molecule has 1 aliphatic heterocycles. The molecule has 1 heterocycles. The van der Waals surface area contributed by atoms with Crippen LogP contribution in [0.15, 0.2) is 54.6 Å². The molecule has 1 aliphatic rings. The van der Waals surface area contributed by atoms with Crippen molar-refractivity contribution in [3.8, 4) is 5.75 Å². The minimum Gasteiger partial charge on any atom is -0.489 e. The van der Waals surface area contributed by atoms with Gasteiger partial charge in [0.2, 0.25) is 0 Å². The summed E-state index contributed by atoms with van der Waals surface area (Å²) in [5, 5.41) is 8.98. The van der Waals surface area contributed by atoms with Gasteiger partial charge in [-0.15, -0.1) is 0 Å². The Bertz CT molecular complexity index is 727. The second kappa shape index (κ2) is 7.83. The number of hydrogen-bond acceptors (Lipinski definition) is 3. The number of carbonyl (C=O) groups is 2. The van der Waals surface area contributed by atoms with Gasteiger partial charge in [-0.2, -0.15) is 0 Å². The van der Waals surface area contributed by atoms with E-state index in [-0.39, 0.29) is 18.4 Å². The van der Waals surface area contributed by atoms with Crippen molar-refractivity contribution in [3.05, 3.63) is 65.7 Å². The summed E-state index contributed by atoms with van der Waals surface area (Å²) in [6.07, 6.45) is 1.60. The Labute approximate surface area is 146 Å². The van der Waals surface area contributed by atoms with Crippen molar-refractivity contribution in [1.82, 2.24) is 4.90 Å². The minimum atomic E-state index is -0.866. The number of carbonyl (C=O) groups excluding carboxylic acids is 1. The number of ether oxygens (including phenoxy) is 1. The molecule has 0 saturated carbocycles. The van der Waals surface area contributed by atoms with Crippen molar-refractivity contribution in [1.29, 1.82) is 0 Å². The second-order valence-corrected chi connectivity index (χ2v) is 6.19. The zero-order valence-electron chi connectivity index (χ0n) is 13.9.